The Morgan fingerprint density at radius 3 is 1.43 bits per heavy atom. The minimum absolute atomic E-state index is 1.16. The molecule has 0 aliphatic heterocycles. The molecule has 206 valence electrons. The highest BCUT2D eigenvalue weighted by molar-refractivity contribution is 6.19. The molecule has 0 unspecified atom stereocenters. The molecule has 0 aliphatic carbocycles. The smallest absolute Gasteiger partial charge is 0.0548 e. The molecular formula is C42H28N2. The number of para-hydroxylation sites is 2. The Kier molecular flexibility index (Phi) is 5.54. The summed E-state index contributed by atoms with van der Waals surface area (Å²) >= 11 is 0. The van der Waals surface area contributed by atoms with Gasteiger partial charge in [0.25, 0.3) is 0 Å². The molecule has 0 saturated carbocycles. The Morgan fingerprint density at radius 1 is 0.250 bits per heavy atom. The number of benzene rings is 7. The molecule has 44 heavy (non-hydrogen) atoms. The molecule has 0 fully saturated rings. The lowest BCUT2D eigenvalue weighted by molar-refractivity contribution is 1.17. The Bertz CT molecular complexity index is 2470. The van der Waals surface area contributed by atoms with Gasteiger partial charge in [0, 0.05) is 32.9 Å². The molecule has 2 heterocycles. The van der Waals surface area contributed by atoms with Crippen molar-refractivity contribution in [2.45, 2.75) is 0 Å². The SMILES string of the molecule is c1ccc(-c2cccc(-n3c4ccccc4c4cc5c(cc43)c3cc(-c4ccccc4)ccc3n5-c3ccccc3)c2)cc1. The molecule has 9 aromatic rings. The first kappa shape index (κ1) is 24.7. The number of hydrogen-bond acceptors (Lipinski definition) is 0. The van der Waals surface area contributed by atoms with Gasteiger partial charge in [-0.25, -0.2) is 0 Å². The zero-order valence-electron chi connectivity index (χ0n) is 24.1. The van der Waals surface area contributed by atoms with E-state index in [1.807, 2.05) is 0 Å². The third-order valence-corrected chi connectivity index (χ3v) is 8.89. The van der Waals surface area contributed by atoms with E-state index in [9.17, 15) is 0 Å². The molecule has 0 spiro atoms. The maximum atomic E-state index is 2.43. The number of nitrogens with zero attached hydrogens (tertiary/aromatic N) is 2. The van der Waals surface area contributed by atoms with Crippen LogP contribution in [0.5, 0.6) is 0 Å². The summed E-state index contributed by atoms with van der Waals surface area (Å²) in [6.07, 6.45) is 0. The Hall–Kier alpha value is -5.86. The largest absolute Gasteiger partial charge is 0.309 e. The van der Waals surface area contributed by atoms with Gasteiger partial charge >= 0.3 is 0 Å². The first-order valence-electron chi connectivity index (χ1n) is 15.1. The number of hydrogen-bond donors (Lipinski definition) is 0. The second-order valence-electron chi connectivity index (χ2n) is 11.4. The zero-order chi connectivity index (χ0) is 29.0. The monoisotopic (exact) mass is 560 g/mol. The van der Waals surface area contributed by atoms with E-state index in [1.165, 1.54) is 71.6 Å². The van der Waals surface area contributed by atoms with E-state index in [4.69, 9.17) is 0 Å². The average molecular weight is 561 g/mol. The molecular weight excluding hydrogens is 532 g/mol. The van der Waals surface area contributed by atoms with E-state index in [1.54, 1.807) is 0 Å². The third-order valence-electron chi connectivity index (χ3n) is 8.89. The van der Waals surface area contributed by atoms with E-state index in [0.29, 0.717) is 0 Å². The average Bonchev–Trinajstić information content (AvgIpc) is 3.60. The summed E-state index contributed by atoms with van der Waals surface area (Å²) in [4.78, 5) is 0. The molecule has 7 aromatic carbocycles. The summed E-state index contributed by atoms with van der Waals surface area (Å²) in [5, 5.41) is 5.00. The van der Waals surface area contributed by atoms with Crippen LogP contribution in [0.2, 0.25) is 0 Å². The van der Waals surface area contributed by atoms with Gasteiger partial charge in [0.05, 0.1) is 22.1 Å². The van der Waals surface area contributed by atoms with Crippen LogP contribution < -0.4 is 0 Å². The highest BCUT2D eigenvalue weighted by Crippen LogP contribution is 2.41. The lowest BCUT2D eigenvalue weighted by atomic mass is 10.0. The summed E-state index contributed by atoms with van der Waals surface area (Å²) in [6, 6.07) is 61.4. The topological polar surface area (TPSA) is 9.86 Å². The minimum Gasteiger partial charge on any atom is -0.309 e. The van der Waals surface area contributed by atoms with Gasteiger partial charge in [-0.15, -0.1) is 0 Å². The Labute approximate surface area is 255 Å². The molecule has 0 amide bonds. The van der Waals surface area contributed by atoms with Gasteiger partial charge in [-0.3, -0.25) is 0 Å². The van der Waals surface area contributed by atoms with Gasteiger partial charge in [0.15, 0.2) is 0 Å². The number of rotatable bonds is 4. The van der Waals surface area contributed by atoms with Crippen molar-refractivity contribution >= 4 is 43.6 Å². The molecule has 9 rings (SSSR count). The predicted octanol–water partition coefficient (Wildman–Crippen LogP) is 11.2. The van der Waals surface area contributed by atoms with Gasteiger partial charge in [0.2, 0.25) is 0 Å². The third kappa shape index (κ3) is 3.82. The fourth-order valence-electron chi connectivity index (χ4n) is 6.88. The summed E-state index contributed by atoms with van der Waals surface area (Å²) in [6.45, 7) is 0. The zero-order valence-corrected chi connectivity index (χ0v) is 24.1. The van der Waals surface area contributed by atoms with Crippen molar-refractivity contribution in [2.75, 3.05) is 0 Å². The van der Waals surface area contributed by atoms with Crippen LogP contribution in [0.4, 0.5) is 0 Å². The highest BCUT2D eigenvalue weighted by atomic mass is 15.0. The Balaban J connectivity index is 1.39. The van der Waals surface area contributed by atoms with Gasteiger partial charge in [0.1, 0.15) is 0 Å². The molecule has 0 atom stereocenters. The number of fused-ring (bicyclic) bond motifs is 6. The fourth-order valence-corrected chi connectivity index (χ4v) is 6.88. The van der Waals surface area contributed by atoms with Crippen molar-refractivity contribution < 1.29 is 0 Å². The molecule has 2 nitrogen and oxygen atoms in total. The van der Waals surface area contributed by atoms with Crippen molar-refractivity contribution in [3.8, 4) is 33.6 Å². The van der Waals surface area contributed by atoms with Crippen LogP contribution in [0, 0.1) is 0 Å². The Morgan fingerprint density at radius 2 is 0.727 bits per heavy atom. The molecule has 2 aromatic heterocycles. The van der Waals surface area contributed by atoms with Gasteiger partial charge in [-0.1, -0.05) is 115 Å². The molecule has 0 aliphatic rings. The fraction of sp³-hybridized carbons (Fsp3) is 0. The molecule has 0 N–H and O–H groups in total. The van der Waals surface area contributed by atoms with Crippen LogP contribution >= 0.6 is 0 Å². The maximum absolute atomic E-state index is 2.43. The van der Waals surface area contributed by atoms with Crippen LogP contribution in [0.1, 0.15) is 0 Å². The van der Waals surface area contributed by atoms with Crippen molar-refractivity contribution in [1.82, 2.24) is 9.13 Å². The molecule has 2 heteroatoms. The minimum atomic E-state index is 1.16. The van der Waals surface area contributed by atoms with Crippen LogP contribution in [0.15, 0.2) is 170 Å². The standard InChI is InChI=1S/C42H28N2/c1-4-13-29(14-5-1)31-17-12-20-34(25-31)44-39-22-11-10-21-35(39)37-27-42-38(28-41(37)44)36-26-32(30-15-6-2-7-16-30)23-24-40(36)43(42)33-18-8-3-9-19-33/h1-28H. The lowest BCUT2D eigenvalue weighted by Gasteiger charge is -2.11. The van der Waals surface area contributed by atoms with Gasteiger partial charge < -0.3 is 9.13 Å². The van der Waals surface area contributed by atoms with Crippen LogP contribution in [0.25, 0.3) is 77.2 Å². The van der Waals surface area contributed by atoms with Crippen LogP contribution in [-0.4, -0.2) is 9.13 Å². The summed E-state index contributed by atoms with van der Waals surface area (Å²) in [5.41, 5.74) is 12.0. The molecule has 0 radical (unpaired) electrons. The second kappa shape index (κ2) is 9.86. The predicted molar refractivity (Wildman–Crippen MR) is 186 cm³/mol. The lowest BCUT2D eigenvalue weighted by Crippen LogP contribution is -1.95. The first-order valence-corrected chi connectivity index (χ1v) is 15.1. The van der Waals surface area contributed by atoms with E-state index < -0.39 is 0 Å². The van der Waals surface area contributed by atoms with Crippen molar-refractivity contribution in [3.05, 3.63) is 170 Å². The van der Waals surface area contributed by atoms with Crippen molar-refractivity contribution in [1.29, 1.82) is 0 Å². The van der Waals surface area contributed by atoms with Crippen molar-refractivity contribution in [3.63, 3.8) is 0 Å². The van der Waals surface area contributed by atoms with Crippen LogP contribution in [0.3, 0.4) is 0 Å². The van der Waals surface area contributed by atoms with E-state index >= 15 is 0 Å². The van der Waals surface area contributed by atoms with E-state index in [2.05, 4.69) is 179 Å². The molecule has 0 bridgehead atoms. The number of aromatic nitrogens is 2. The summed E-state index contributed by atoms with van der Waals surface area (Å²) in [7, 11) is 0. The normalized spacial score (nSPS) is 11.6. The quantitative estimate of drug-likeness (QED) is 0.203. The maximum Gasteiger partial charge on any atom is 0.0548 e. The van der Waals surface area contributed by atoms with Crippen molar-refractivity contribution in [2.24, 2.45) is 0 Å². The van der Waals surface area contributed by atoms with Gasteiger partial charge in [-0.05, 0) is 76.9 Å². The summed E-state index contributed by atoms with van der Waals surface area (Å²) in [5.74, 6) is 0. The summed E-state index contributed by atoms with van der Waals surface area (Å²) < 4.78 is 4.85. The second-order valence-corrected chi connectivity index (χ2v) is 11.4. The van der Waals surface area contributed by atoms with E-state index in [0.717, 1.165) is 5.69 Å². The van der Waals surface area contributed by atoms with Crippen LogP contribution in [-0.2, 0) is 0 Å². The van der Waals surface area contributed by atoms with Gasteiger partial charge in [-0.2, -0.15) is 0 Å². The van der Waals surface area contributed by atoms with E-state index in [-0.39, 0.29) is 0 Å². The molecule has 0 saturated heterocycles. The highest BCUT2D eigenvalue weighted by Gasteiger charge is 2.19. The first-order chi connectivity index (χ1) is 21.8.